The van der Waals surface area contributed by atoms with Gasteiger partial charge in [0.15, 0.2) is 5.82 Å². The summed E-state index contributed by atoms with van der Waals surface area (Å²) in [6.45, 7) is 0. The third-order valence-electron chi connectivity index (χ3n) is 1.42. The van der Waals surface area contributed by atoms with Gasteiger partial charge in [-0.2, -0.15) is 5.10 Å². The van der Waals surface area contributed by atoms with Crippen molar-refractivity contribution in [2.45, 2.75) is 0 Å². The van der Waals surface area contributed by atoms with E-state index in [0.717, 1.165) is 14.0 Å². The summed E-state index contributed by atoms with van der Waals surface area (Å²) in [7, 11) is 0. The molecule has 0 saturated carbocycles. The fraction of sp³-hybridized carbons (Fsp3) is 0. The molecular formula is C7H4BrIN4. The minimum absolute atomic E-state index is 0.793. The summed E-state index contributed by atoms with van der Waals surface area (Å²) in [5, 5.41) is 4.18. The third kappa shape index (κ3) is 1.88. The lowest BCUT2D eigenvalue weighted by atomic mass is 10.6. The Morgan fingerprint density at radius 2 is 2.31 bits per heavy atom. The van der Waals surface area contributed by atoms with Gasteiger partial charge in [-0.15, -0.1) is 0 Å². The van der Waals surface area contributed by atoms with Gasteiger partial charge in [0.1, 0.15) is 10.9 Å². The van der Waals surface area contributed by atoms with Crippen LogP contribution in [-0.4, -0.2) is 19.7 Å². The number of rotatable bonds is 1. The molecule has 0 amide bonds. The lowest BCUT2D eigenvalue weighted by molar-refractivity contribution is 0.825. The molecule has 0 saturated heterocycles. The van der Waals surface area contributed by atoms with E-state index in [-0.39, 0.29) is 0 Å². The van der Waals surface area contributed by atoms with E-state index >= 15 is 0 Å². The molecule has 2 rings (SSSR count). The summed E-state index contributed by atoms with van der Waals surface area (Å²) in [6, 6.07) is 1.86. The first-order chi connectivity index (χ1) is 6.27. The first-order valence-electron chi connectivity index (χ1n) is 3.44. The number of aromatic nitrogens is 4. The highest BCUT2D eigenvalue weighted by Gasteiger charge is 2.03. The lowest BCUT2D eigenvalue weighted by Gasteiger charge is -2.00. The van der Waals surface area contributed by atoms with Crippen LogP contribution in [0.15, 0.2) is 29.4 Å². The molecule has 0 bridgehead atoms. The number of nitrogens with zero attached hydrogens (tertiary/aromatic N) is 4. The summed E-state index contributed by atoms with van der Waals surface area (Å²) in [5.41, 5.74) is 0. The van der Waals surface area contributed by atoms with E-state index in [4.69, 9.17) is 0 Å². The van der Waals surface area contributed by atoms with Crippen molar-refractivity contribution in [2.75, 3.05) is 0 Å². The molecule has 2 aromatic heterocycles. The van der Waals surface area contributed by atoms with E-state index in [0.29, 0.717) is 0 Å². The summed E-state index contributed by atoms with van der Waals surface area (Å²) >= 11 is 5.45. The lowest BCUT2D eigenvalue weighted by Crippen LogP contribution is -2.01. The van der Waals surface area contributed by atoms with Crippen LogP contribution in [-0.2, 0) is 0 Å². The van der Waals surface area contributed by atoms with E-state index < -0.39 is 0 Å². The van der Waals surface area contributed by atoms with Crippen LogP contribution in [0.2, 0.25) is 0 Å². The Morgan fingerprint density at radius 3 is 2.92 bits per heavy atom. The van der Waals surface area contributed by atoms with Gasteiger partial charge in [-0.05, 0) is 44.6 Å². The Hall–Kier alpha value is -0.500. The quantitative estimate of drug-likeness (QED) is 0.739. The Morgan fingerprint density at radius 1 is 1.46 bits per heavy atom. The molecule has 0 N–H and O–H groups in total. The highest BCUT2D eigenvalue weighted by Crippen LogP contribution is 2.13. The average molecular weight is 351 g/mol. The Kier molecular flexibility index (Phi) is 2.58. The molecule has 0 radical (unpaired) electrons. The maximum Gasteiger partial charge on any atom is 0.169 e. The highest BCUT2D eigenvalue weighted by atomic mass is 127. The normalized spacial score (nSPS) is 10.3. The second-order valence-corrected chi connectivity index (χ2v) is 4.25. The highest BCUT2D eigenvalue weighted by molar-refractivity contribution is 14.1. The minimum atomic E-state index is 0.793. The number of halogens is 2. The van der Waals surface area contributed by atoms with Crippen LogP contribution in [0.5, 0.6) is 0 Å². The van der Waals surface area contributed by atoms with Gasteiger partial charge in [-0.1, -0.05) is 0 Å². The first kappa shape index (κ1) is 9.07. The molecular weight excluding hydrogens is 347 g/mol. The zero-order chi connectivity index (χ0) is 9.26. The zero-order valence-corrected chi connectivity index (χ0v) is 10.1. The minimum Gasteiger partial charge on any atom is -0.244 e. The SMILES string of the molecule is Brc1ccn(-c2ncncc2I)n1. The summed E-state index contributed by atoms with van der Waals surface area (Å²) in [5.74, 6) is 0.793. The maximum atomic E-state index is 4.18. The van der Waals surface area contributed by atoms with Crippen molar-refractivity contribution in [3.8, 4) is 5.82 Å². The third-order valence-corrected chi connectivity index (χ3v) is 2.61. The molecule has 0 atom stereocenters. The van der Waals surface area contributed by atoms with Crippen LogP contribution in [0.25, 0.3) is 5.82 Å². The van der Waals surface area contributed by atoms with Crippen molar-refractivity contribution in [1.29, 1.82) is 0 Å². The molecule has 0 aromatic carbocycles. The Labute approximate surface area is 96.7 Å². The van der Waals surface area contributed by atoms with Crippen LogP contribution in [0.3, 0.4) is 0 Å². The number of hydrogen-bond acceptors (Lipinski definition) is 3. The summed E-state index contributed by atoms with van der Waals surface area (Å²) in [6.07, 6.45) is 5.10. The molecule has 2 heterocycles. The first-order valence-corrected chi connectivity index (χ1v) is 5.31. The topological polar surface area (TPSA) is 43.6 Å². The van der Waals surface area contributed by atoms with Gasteiger partial charge in [-0.25, -0.2) is 14.6 Å². The summed E-state index contributed by atoms with van der Waals surface area (Å²) < 4.78 is 3.46. The molecule has 0 aliphatic rings. The standard InChI is InChI=1S/C7H4BrIN4/c8-6-1-2-13(12-6)7-5(9)3-10-4-11-7/h1-4H. The van der Waals surface area contributed by atoms with E-state index in [2.05, 4.69) is 53.6 Å². The van der Waals surface area contributed by atoms with Gasteiger partial charge in [-0.3, -0.25) is 0 Å². The van der Waals surface area contributed by atoms with Crippen LogP contribution in [0.1, 0.15) is 0 Å². The second-order valence-electron chi connectivity index (χ2n) is 2.28. The maximum absolute atomic E-state index is 4.18. The van der Waals surface area contributed by atoms with Crippen molar-refractivity contribution < 1.29 is 0 Å². The van der Waals surface area contributed by atoms with Crippen LogP contribution in [0.4, 0.5) is 0 Å². The van der Waals surface area contributed by atoms with Gasteiger partial charge in [0.05, 0.1) is 3.57 Å². The fourth-order valence-corrected chi connectivity index (χ4v) is 1.73. The van der Waals surface area contributed by atoms with Gasteiger partial charge in [0.2, 0.25) is 0 Å². The monoisotopic (exact) mass is 350 g/mol. The van der Waals surface area contributed by atoms with Crippen LogP contribution >= 0.6 is 38.5 Å². The van der Waals surface area contributed by atoms with Crippen molar-refractivity contribution in [3.05, 3.63) is 33.0 Å². The number of hydrogen-bond donors (Lipinski definition) is 0. The molecule has 0 aliphatic heterocycles. The molecule has 66 valence electrons. The van der Waals surface area contributed by atoms with Crippen LogP contribution < -0.4 is 0 Å². The fourth-order valence-electron chi connectivity index (χ4n) is 0.894. The van der Waals surface area contributed by atoms with E-state index in [1.54, 1.807) is 10.9 Å². The predicted octanol–water partition coefficient (Wildman–Crippen LogP) is 2.03. The predicted molar refractivity (Wildman–Crippen MR) is 59.6 cm³/mol. The molecule has 0 aliphatic carbocycles. The van der Waals surface area contributed by atoms with E-state index in [9.17, 15) is 0 Å². The van der Waals surface area contributed by atoms with E-state index in [1.165, 1.54) is 6.33 Å². The Balaban J connectivity index is 2.52. The van der Waals surface area contributed by atoms with Crippen molar-refractivity contribution in [2.24, 2.45) is 0 Å². The largest absolute Gasteiger partial charge is 0.244 e. The molecule has 6 heteroatoms. The molecule has 4 nitrogen and oxygen atoms in total. The van der Waals surface area contributed by atoms with Crippen LogP contribution in [0, 0.1) is 3.57 Å². The smallest absolute Gasteiger partial charge is 0.169 e. The summed E-state index contributed by atoms with van der Waals surface area (Å²) in [4.78, 5) is 8.03. The van der Waals surface area contributed by atoms with Gasteiger partial charge in [0, 0.05) is 12.4 Å². The van der Waals surface area contributed by atoms with Gasteiger partial charge >= 0.3 is 0 Å². The Bertz CT molecular complexity index is 428. The van der Waals surface area contributed by atoms with Crippen molar-refractivity contribution >= 4 is 38.5 Å². The van der Waals surface area contributed by atoms with Gasteiger partial charge in [0.25, 0.3) is 0 Å². The van der Waals surface area contributed by atoms with Crippen molar-refractivity contribution in [1.82, 2.24) is 19.7 Å². The van der Waals surface area contributed by atoms with E-state index in [1.807, 2.05) is 12.3 Å². The molecule has 0 fully saturated rings. The molecule has 2 aromatic rings. The molecule has 0 spiro atoms. The molecule has 13 heavy (non-hydrogen) atoms. The molecule has 0 unspecified atom stereocenters. The second kappa shape index (κ2) is 3.70. The van der Waals surface area contributed by atoms with Gasteiger partial charge < -0.3 is 0 Å². The van der Waals surface area contributed by atoms with Crippen molar-refractivity contribution in [3.63, 3.8) is 0 Å². The average Bonchev–Trinajstić information content (AvgIpc) is 2.53. The zero-order valence-electron chi connectivity index (χ0n) is 6.35.